The smallest absolute Gasteiger partial charge is 0.312 e. The summed E-state index contributed by atoms with van der Waals surface area (Å²) in [5.41, 5.74) is 0.0267. The van der Waals surface area contributed by atoms with Crippen molar-refractivity contribution in [1.29, 1.82) is 0 Å². The maximum atomic E-state index is 12.9. The van der Waals surface area contributed by atoms with Crippen LogP contribution < -0.4 is 0 Å². The van der Waals surface area contributed by atoms with E-state index in [0.29, 0.717) is 25.4 Å². The normalized spacial score (nSPS) is 30.5. The summed E-state index contributed by atoms with van der Waals surface area (Å²) >= 11 is 0. The fourth-order valence-electron chi connectivity index (χ4n) is 3.12. The van der Waals surface area contributed by atoms with Crippen LogP contribution in [0.5, 0.6) is 0 Å². The molecule has 2 fully saturated rings. The molecule has 3 rings (SSSR count). The third-order valence-electron chi connectivity index (χ3n) is 4.30. The van der Waals surface area contributed by atoms with Gasteiger partial charge in [-0.25, -0.2) is 4.39 Å². The lowest BCUT2D eigenvalue weighted by atomic mass is 9.74. The molecular weight excluding hydrogens is 247 g/mol. The third kappa shape index (κ3) is 2.25. The van der Waals surface area contributed by atoms with Gasteiger partial charge in [0.2, 0.25) is 0 Å². The SMILES string of the molecule is O=C(O)C1(Cc2ccc(F)cc2)CCOC1C1CC1. The van der Waals surface area contributed by atoms with Crippen LogP contribution in [-0.4, -0.2) is 23.8 Å². The van der Waals surface area contributed by atoms with Crippen molar-refractivity contribution in [2.45, 2.75) is 31.8 Å². The summed E-state index contributed by atoms with van der Waals surface area (Å²) in [6.07, 6.45) is 2.90. The number of halogens is 1. The van der Waals surface area contributed by atoms with Crippen molar-refractivity contribution in [3.8, 4) is 0 Å². The topological polar surface area (TPSA) is 46.5 Å². The molecule has 0 spiro atoms. The van der Waals surface area contributed by atoms with Gasteiger partial charge in [-0.05, 0) is 49.3 Å². The minimum Gasteiger partial charge on any atom is -0.481 e. The molecule has 2 aliphatic rings. The summed E-state index contributed by atoms with van der Waals surface area (Å²) in [5, 5.41) is 9.67. The minimum absolute atomic E-state index is 0.185. The Morgan fingerprint density at radius 2 is 2.05 bits per heavy atom. The standard InChI is InChI=1S/C15H17FO3/c16-12-5-1-10(2-6-12)9-15(14(17)18)7-8-19-13(15)11-3-4-11/h1-2,5-6,11,13H,3-4,7-9H2,(H,17,18). The molecule has 2 unspecified atom stereocenters. The van der Waals surface area contributed by atoms with Gasteiger partial charge in [-0.15, -0.1) is 0 Å². The van der Waals surface area contributed by atoms with E-state index in [1.54, 1.807) is 12.1 Å². The number of carboxylic acid groups (broad SMARTS) is 1. The maximum Gasteiger partial charge on any atom is 0.312 e. The van der Waals surface area contributed by atoms with E-state index in [-0.39, 0.29) is 11.9 Å². The van der Waals surface area contributed by atoms with E-state index in [9.17, 15) is 14.3 Å². The summed E-state index contributed by atoms with van der Waals surface area (Å²) in [4.78, 5) is 11.8. The molecular formula is C15H17FO3. The first-order valence-corrected chi connectivity index (χ1v) is 6.71. The molecule has 0 radical (unpaired) electrons. The first-order valence-electron chi connectivity index (χ1n) is 6.71. The molecule has 1 saturated heterocycles. The first-order chi connectivity index (χ1) is 9.12. The highest BCUT2D eigenvalue weighted by Gasteiger charge is 2.55. The van der Waals surface area contributed by atoms with Crippen LogP contribution in [0.3, 0.4) is 0 Å². The van der Waals surface area contributed by atoms with E-state index in [1.165, 1.54) is 12.1 Å². The van der Waals surface area contributed by atoms with Gasteiger partial charge in [0.15, 0.2) is 0 Å². The summed E-state index contributed by atoms with van der Waals surface area (Å²) in [7, 11) is 0. The lowest BCUT2D eigenvalue weighted by Gasteiger charge is -2.30. The van der Waals surface area contributed by atoms with Crippen molar-refractivity contribution in [3.63, 3.8) is 0 Å². The highest BCUT2D eigenvalue weighted by Crippen LogP contribution is 2.49. The van der Waals surface area contributed by atoms with E-state index in [2.05, 4.69) is 0 Å². The third-order valence-corrected chi connectivity index (χ3v) is 4.30. The van der Waals surface area contributed by atoms with Gasteiger partial charge in [-0.1, -0.05) is 12.1 Å². The van der Waals surface area contributed by atoms with Crippen LogP contribution in [0.25, 0.3) is 0 Å². The van der Waals surface area contributed by atoms with Crippen LogP contribution in [0, 0.1) is 17.2 Å². The predicted molar refractivity (Wildman–Crippen MR) is 67.3 cm³/mol. The first kappa shape index (κ1) is 12.6. The average molecular weight is 264 g/mol. The summed E-state index contributed by atoms with van der Waals surface area (Å²) in [5.74, 6) is -0.695. The van der Waals surface area contributed by atoms with Gasteiger partial charge in [-0.2, -0.15) is 0 Å². The van der Waals surface area contributed by atoms with E-state index >= 15 is 0 Å². The number of carboxylic acids is 1. The quantitative estimate of drug-likeness (QED) is 0.909. The van der Waals surface area contributed by atoms with Gasteiger partial charge in [0.1, 0.15) is 11.2 Å². The Hall–Kier alpha value is -1.42. The van der Waals surface area contributed by atoms with Crippen molar-refractivity contribution in [1.82, 2.24) is 0 Å². The molecule has 19 heavy (non-hydrogen) atoms. The molecule has 1 heterocycles. The second kappa shape index (κ2) is 4.60. The average Bonchev–Trinajstić information content (AvgIpc) is 3.14. The summed E-state index contributed by atoms with van der Waals surface area (Å²) in [6, 6.07) is 6.10. The van der Waals surface area contributed by atoms with Crippen molar-refractivity contribution in [2.75, 3.05) is 6.61 Å². The summed E-state index contributed by atoms with van der Waals surface area (Å²) in [6.45, 7) is 0.509. The van der Waals surface area contributed by atoms with E-state index in [0.717, 1.165) is 18.4 Å². The summed E-state index contributed by atoms with van der Waals surface area (Å²) < 4.78 is 18.6. The number of hydrogen-bond acceptors (Lipinski definition) is 2. The Balaban J connectivity index is 1.87. The second-order valence-electron chi connectivity index (χ2n) is 5.64. The zero-order chi connectivity index (χ0) is 13.5. The molecule has 2 atom stereocenters. The Morgan fingerprint density at radius 3 is 2.63 bits per heavy atom. The van der Waals surface area contributed by atoms with Crippen LogP contribution in [0.15, 0.2) is 24.3 Å². The molecule has 1 saturated carbocycles. The monoisotopic (exact) mass is 264 g/mol. The Bertz CT molecular complexity index is 481. The molecule has 1 N–H and O–H groups in total. The fourth-order valence-corrected chi connectivity index (χ4v) is 3.12. The van der Waals surface area contributed by atoms with Gasteiger partial charge in [0.05, 0.1) is 6.10 Å². The van der Waals surface area contributed by atoms with E-state index in [4.69, 9.17) is 4.74 Å². The highest BCUT2D eigenvalue weighted by molar-refractivity contribution is 5.76. The lowest BCUT2D eigenvalue weighted by molar-refractivity contribution is -0.153. The van der Waals surface area contributed by atoms with E-state index in [1.807, 2.05) is 0 Å². The number of carbonyl (C=O) groups is 1. The number of aliphatic carboxylic acids is 1. The zero-order valence-electron chi connectivity index (χ0n) is 10.6. The Labute approximate surface area is 111 Å². The van der Waals surface area contributed by atoms with Gasteiger partial charge in [0, 0.05) is 6.61 Å². The second-order valence-corrected chi connectivity index (χ2v) is 5.64. The van der Waals surface area contributed by atoms with Crippen molar-refractivity contribution in [2.24, 2.45) is 11.3 Å². The Kier molecular flexibility index (Phi) is 3.05. The molecule has 1 aromatic carbocycles. The minimum atomic E-state index is -0.834. The molecule has 102 valence electrons. The number of benzene rings is 1. The molecule has 0 bridgehead atoms. The van der Waals surface area contributed by atoms with Crippen LogP contribution >= 0.6 is 0 Å². The molecule has 0 aromatic heterocycles. The van der Waals surface area contributed by atoms with Crippen molar-refractivity contribution >= 4 is 5.97 Å². The van der Waals surface area contributed by atoms with Crippen molar-refractivity contribution < 1.29 is 19.0 Å². The van der Waals surface area contributed by atoms with Gasteiger partial charge >= 0.3 is 5.97 Å². The molecule has 1 aliphatic heterocycles. The maximum absolute atomic E-state index is 12.9. The predicted octanol–water partition coefficient (Wildman–Crippen LogP) is 2.64. The van der Waals surface area contributed by atoms with Crippen LogP contribution in [0.2, 0.25) is 0 Å². The molecule has 4 heteroatoms. The van der Waals surface area contributed by atoms with Crippen molar-refractivity contribution in [3.05, 3.63) is 35.6 Å². The van der Waals surface area contributed by atoms with Crippen LogP contribution in [0.1, 0.15) is 24.8 Å². The Morgan fingerprint density at radius 1 is 1.37 bits per heavy atom. The van der Waals surface area contributed by atoms with Crippen LogP contribution in [-0.2, 0) is 16.0 Å². The molecule has 3 nitrogen and oxygen atoms in total. The number of hydrogen-bond donors (Lipinski definition) is 1. The highest BCUT2D eigenvalue weighted by atomic mass is 19.1. The molecule has 1 aliphatic carbocycles. The van der Waals surface area contributed by atoms with Gasteiger partial charge in [0.25, 0.3) is 0 Å². The number of ether oxygens (including phenoxy) is 1. The van der Waals surface area contributed by atoms with E-state index < -0.39 is 11.4 Å². The van der Waals surface area contributed by atoms with Crippen LogP contribution in [0.4, 0.5) is 4.39 Å². The fraction of sp³-hybridized carbons (Fsp3) is 0.533. The number of rotatable bonds is 4. The zero-order valence-corrected chi connectivity index (χ0v) is 10.6. The molecule has 0 amide bonds. The lowest BCUT2D eigenvalue weighted by Crippen LogP contribution is -2.42. The largest absolute Gasteiger partial charge is 0.481 e. The molecule has 1 aromatic rings. The van der Waals surface area contributed by atoms with Gasteiger partial charge < -0.3 is 9.84 Å². The van der Waals surface area contributed by atoms with Gasteiger partial charge in [-0.3, -0.25) is 4.79 Å².